The number of aliphatic carboxylic acids is 1. The summed E-state index contributed by atoms with van der Waals surface area (Å²) in [5, 5.41) is 9.22. The van der Waals surface area contributed by atoms with E-state index in [1.807, 2.05) is 0 Å². The maximum absolute atomic E-state index is 12.7. The number of likely N-dealkylation sites (tertiary alicyclic amines) is 1. The molecule has 2 unspecified atom stereocenters. The largest absolute Gasteiger partial charge is 0.481 e. The van der Waals surface area contributed by atoms with Crippen molar-refractivity contribution in [2.45, 2.75) is 57.7 Å². The smallest absolute Gasteiger partial charge is 0.416 e. The monoisotopic (exact) mass is 383 g/mol. The number of carboxylic acid groups (broad SMARTS) is 1. The molecule has 2 atom stereocenters. The molecular formula is C21H28F3NO2. The Kier molecular flexibility index (Phi) is 6.45. The molecule has 1 aliphatic carbocycles. The molecular weight excluding hydrogens is 355 g/mol. The normalized spacial score (nSPS) is 25.4. The zero-order valence-corrected chi connectivity index (χ0v) is 15.5. The molecule has 27 heavy (non-hydrogen) atoms. The molecule has 0 spiro atoms. The number of alkyl halides is 3. The molecule has 6 heteroatoms. The Morgan fingerprint density at radius 1 is 1.04 bits per heavy atom. The van der Waals surface area contributed by atoms with E-state index in [-0.39, 0.29) is 12.3 Å². The summed E-state index contributed by atoms with van der Waals surface area (Å²) in [5.41, 5.74) is 0.218. The number of benzene rings is 1. The summed E-state index contributed by atoms with van der Waals surface area (Å²) in [6.07, 6.45) is 3.05. The Bertz CT molecular complexity index is 623. The van der Waals surface area contributed by atoms with E-state index in [1.165, 1.54) is 32.1 Å². The Hall–Kier alpha value is -1.56. The van der Waals surface area contributed by atoms with Gasteiger partial charge in [-0.3, -0.25) is 9.69 Å². The fourth-order valence-corrected chi connectivity index (χ4v) is 4.88. The van der Waals surface area contributed by atoms with Gasteiger partial charge in [0.2, 0.25) is 0 Å². The second-order valence-electron chi connectivity index (χ2n) is 8.25. The predicted molar refractivity (Wildman–Crippen MR) is 97.1 cm³/mol. The van der Waals surface area contributed by atoms with Gasteiger partial charge in [0.1, 0.15) is 0 Å². The molecule has 1 aromatic carbocycles. The molecule has 1 aromatic rings. The van der Waals surface area contributed by atoms with Crippen molar-refractivity contribution in [3.8, 4) is 0 Å². The van der Waals surface area contributed by atoms with Crippen LogP contribution in [0.5, 0.6) is 0 Å². The lowest BCUT2D eigenvalue weighted by Crippen LogP contribution is -2.43. The number of carboxylic acids is 1. The van der Waals surface area contributed by atoms with Gasteiger partial charge < -0.3 is 5.11 Å². The van der Waals surface area contributed by atoms with Gasteiger partial charge in [0, 0.05) is 26.1 Å². The van der Waals surface area contributed by atoms with Gasteiger partial charge in [-0.05, 0) is 41.9 Å². The average molecular weight is 383 g/mol. The molecule has 150 valence electrons. The number of hydrogen-bond donors (Lipinski definition) is 1. The van der Waals surface area contributed by atoms with Gasteiger partial charge in [0.15, 0.2) is 0 Å². The second kappa shape index (κ2) is 8.63. The topological polar surface area (TPSA) is 40.5 Å². The van der Waals surface area contributed by atoms with Crippen LogP contribution >= 0.6 is 0 Å². The van der Waals surface area contributed by atoms with Crippen LogP contribution < -0.4 is 0 Å². The van der Waals surface area contributed by atoms with Crippen LogP contribution in [0.15, 0.2) is 24.3 Å². The first-order valence-corrected chi connectivity index (χ1v) is 9.91. The Labute approximate surface area is 158 Å². The molecule has 0 radical (unpaired) electrons. The first-order valence-electron chi connectivity index (χ1n) is 9.91. The predicted octanol–water partition coefficient (Wildman–Crippen LogP) is 5.20. The van der Waals surface area contributed by atoms with E-state index in [1.54, 1.807) is 12.1 Å². The lowest BCUT2D eigenvalue weighted by molar-refractivity contribution is -0.139. The van der Waals surface area contributed by atoms with Gasteiger partial charge in [-0.25, -0.2) is 0 Å². The first kappa shape index (κ1) is 20.2. The third-order valence-electron chi connectivity index (χ3n) is 6.11. The molecule has 2 fully saturated rings. The average Bonchev–Trinajstić information content (AvgIpc) is 2.61. The van der Waals surface area contributed by atoms with Crippen LogP contribution in [0.1, 0.15) is 56.1 Å². The highest BCUT2D eigenvalue weighted by molar-refractivity contribution is 5.67. The van der Waals surface area contributed by atoms with Gasteiger partial charge in [0.05, 0.1) is 5.56 Å². The van der Waals surface area contributed by atoms with E-state index >= 15 is 0 Å². The van der Waals surface area contributed by atoms with Gasteiger partial charge in [-0.2, -0.15) is 13.2 Å². The second-order valence-corrected chi connectivity index (χ2v) is 8.25. The number of piperidine rings is 1. The number of halogens is 3. The van der Waals surface area contributed by atoms with Crippen LogP contribution in [0, 0.1) is 17.8 Å². The minimum Gasteiger partial charge on any atom is -0.481 e. The van der Waals surface area contributed by atoms with Crippen molar-refractivity contribution >= 4 is 5.97 Å². The lowest BCUT2D eigenvalue weighted by atomic mass is 9.73. The Morgan fingerprint density at radius 3 is 2.30 bits per heavy atom. The van der Waals surface area contributed by atoms with Crippen LogP contribution in [-0.4, -0.2) is 29.1 Å². The number of rotatable bonds is 5. The Balaban J connectivity index is 1.67. The van der Waals surface area contributed by atoms with Crippen molar-refractivity contribution in [3.63, 3.8) is 0 Å². The van der Waals surface area contributed by atoms with Crippen molar-refractivity contribution in [1.82, 2.24) is 4.90 Å². The van der Waals surface area contributed by atoms with Crippen LogP contribution in [0.3, 0.4) is 0 Å². The zero-order valence-electron chi connectivity index (χ0n) is 15.5. The molecule has 1 N–H and O–H groups in total. The summed E-state index contributed by atoms with van der Waals surface area (Å²) in [4.78, 5) is 13.5. The zero-order chi connectivity index (χ0) is 19.4. The summed E-state index contributed by atoms with van der Waals surface area (Å²) >= 11 is 0. The lowest BCUT2D eigenvalue weighted by Gasteiger charge is -2.42. The molecule has 1 saturated carbocycles. The van der Waals surface area contributed by atoms with Gasteiger partial charge in [0.25, 0.3) is 0 Å². The van der Waals surface area contributed by atoms with Gasteiger partial charge in [-0.1, -0.05) is 44.2 Å². The highest BCUT2D eigenvalue weighted by atomic mass is 19.4. The first-order chi connectivity index (χ1) is 12.8. The van der Waals surface area contributed by atoms with Crippen molar-refractivity contribution < 1.29 is 23.1 Å². The van der Waals surface area contributed by atoms with E-state index in [0.29, 0.717) is 24.9 Å². The van der Waals surface area contributed by atoms with Crippen LogP contribution in [0.2, 0.25) is 0 Å². The summed E-state index contributed by atoms with van der Waals surface area (Å²) in [6, 6.07) is 5.34. The molecule has 0 bridgehead atoms. The van der Waals surface area contributed by atoms with Gasteiger partial charge >= 0.3 is 12.1 Å². The summed E-state index contributed by atoms with van der Waals surface area (Å²) in [7, 11) is 0. The molecule has 1 heterocycles. The van der Waals surface area contributed by atoms with E-state index in [9.17, 15) is 23.1 Å². The summed E-state index contributed by atoms with van der Waals surface area (Å²) < 4.78 is 38.2. The quantitative estimate of drug-likeness (QED) is 0.760. The molecule has 1 aliphatic heterocycles. The number of carbonyl (C=O) groups is 1. The van der Waals surface area contributed by atoms with Crippen molar-refractivity contribution in [1.29, 1.82) is 0 Å². The number of nitrogens with zero attached hydrogens (tertiary/aromatic N) is 1. The van der Waals surface area contributed by atoms with E-state index in [4.69, 9.17) is 0 Å². The molecule has 3 rings (SSSR count). The van der Waals surface area contributed by atoms with E-state index in [0.717, 1.165) is 30.7 Å². The molecule has 1 saturated heterocycles. The molecule has 0 aromatic heterocycles. The standard InChI is InChI=1S/C21H28F3NO2/c22-21(23,24)19-8-6-15(7-9-19)12-25-13-16(11-20(26)27)10-18(14-25)17-4-2-1-3-5-17/h6-9,16-18H,1-5,10-14H2,(H,26,27). The fourth-order valence-electron chi connectivity index (χ4n) is 4.88. The molecule has 2 aliphatic rings. The highest BCUT2D eigenvalue weighted by Gasteiger charge is 2.34. The highest BCUT2D eigenvalue weighted by Crippen LogP contribution is 2.38. The summed E-state index contributed by atoms with van der Waals surface area (Å²) in [5.74, 6) is 0.514. The van der Waals surface area contributed by atoms with E-state index in [2.05, 4.69) is 4.90 Å². The number of hydrogen-bond acceptors (Lipinski definition) is 2. The molecule has 3 nitrogen and oxygen atoms in total. The van der Waals surface area contributed by atoms with Crippen LogP contribution in [-0.2, 0) is 17.5 Å². The van der Waals surface area contributed by atoms with Crippen molar-refractivity contribution in [2.75, 3.05) is 13.1 Å². The van der Waals surface area contributed by atoms with E-state index < -0.39 is 17.7 Å². The molecule has 0 amide bonds. The fraction of sp³-hybridized carbons (Fsp3) is 0.667. The van der Waals surface area contributed by atoms with Crippen molar-refractivity contribution in [2.24, 2.45) is 17.8 Å². The van der Waals surface area contributed by atoms with Crippen LogP contribution in [0.25, 0.3) is 0 Å². The minimum atomic E-state index is -4.32. The Morgan fingerprint density at radius 2 is 1.70 bits per heavy atom. The third-order valence-corrected chi connectivity index (χ3v) is 6.11. The SMILES string of the molecule is O=C(O)CC1CC(C2CCCCC2)CN(Cc2ccc(C(F)(F)F)cc2)C1. The van der Waals surface area contributed by atoms with Crippen LogP contribution in [0.4, 0.5) is 13.2 Å². The van der Waals surface area contributed by atoms with Gasteiger partial charge in [-0.15, -0.1) is 0 Å². The third kappa shape index (κ3) is 5.71. The maximum atomic E-state index is 12.7. The maximum Gasteiger partial charge on any atom is 0.416 e. The summed E-state index contributed by atoms with van der Waals surface area (Å²) in [6.45, 7) is 2.20. The van der Waals surface area contributed by atoms with Crippen molar-refractivity contribution in [3.05, 3.63) is 35.4 Å². The minimum absolute atomic E-state index is 0.123.